The number of benzene rings is 1. The molecule has 0 saturated heterocycles. The van der Waals surface area contributed by atoms with Crippen LogP contribution in [0.15, 0.2) is 24.3 Å². The summed E-state index contributed by atoms with van der Waals surface area (Å²) in [5.74, 6) is -0.824. The monoisotopic (exact) mass is 221 g/mol. The molecular weight excluding hydrogens is 202 g/mol. The average Bonchev–Trinajstić information content (AvgIpc) is 2.26. The van der Waals surface area contributed by atoms with Crippen molar-refractivity contribution in [3.63, 3.8) is 0 Å². The van der Waals surface area contributed by atoms with Gasteiger partial charge in [-0.2, -0.15) is 0 Å². The van der Waals surface area contributed by atoms with Crippen LogP contribution in [-0.2, 0) is 4.79 Å². The Morgan fingerprint density at radius 3 is 2.56 bits per heavy atom. The largest absolute Gasteiger partial charge is 0.480 e. The van der Waals surface area contributed by atoms with E-state index in [1.165, 1.54) is 0 Å². The smallest absolute Gasteiger partial charge is 0.325 e. The van der Waals surface area contributed by atoms with Gasteiger partial charge in [0.2, 0.25) is 0 Å². The molecule has 88 valence electrons. The number of carboxylic acids is 1. The molecule has 0 aromatic heterocycles. The fourth-order valence-corrected chi connectivity index (χ4v) is 1.61. The van der Waals surface area contributed by atoms with E-state index >= 15 is 0 Å². The van der Waals surface area contributed by atoms with Crippen molar-refractivity contribution in [3.8, 4) is 0 Å². The number of hydrogen-bond donors (Lipinski definition) is 2. The maximum absolute atomic E-state index is 11.2. The van der Waals surface area contributed by atoms with Crippen LogP contribution < -0.4 is 5.32 Å². The van der Waals surface area contributed by atoms with Gasteiger partial charge in [-0.3, -0.25) is 10.1 Å². The van der Waals surface area contributed by atoms with E-state index < -0.39 is 12.0 Å². The van der Waals surface area contributed by atoms with Gasteiger partial charge < -0.3 is 5.11 Å². The third-order valence-electron chi connectivity index (χ3n) is 2.81. The van der Waals surface area contributed by atoms with E-state index in [0.29, 0.717) is 0 Å². The van der Waals surface area contributed by atoms with Crippen LogP contribution in [0, 0.1) is 6.92 Å². The van der Waals surface area contributed by atoms with E-state index in [0.717, 1.165) is 17.5 Å². The zero-order valence-corrected chi connectivity index (χ0v) is 10.0. The molecule has 2 N–H and O–H groups in total. The minimum atomic E-state index is -0.824. The molecule has 0 amide bonds. The zero-order chi connectivity index (χ0) is 12.1. The second kappa shape index (κ2) is 5.66. The van der Waals surface area contributed by atoms with E-state index in [1.807, 2.05) is 45.0 Å². The van der Waals surface area contributed by atoms with E-state index in [9.17, 15) is 9.90 Å². The highest BCUT2D eigenvalue weighted by molar-refractivity contribution is 5.76. The van der Waals surface area contributed by atoms with Crippen molar-refractivity contribution in [2.45, 2.75) is 39.3 Å². The third-order valence-corrected chi connectivity index (χ3v) is 2.81. The molecule has 0 radical (unpaired) electrons. The van der Waals surface area contributed by atoms with Crippen LogP contribution in [0.2, 0.25) is 0 Å². The molecule has 0 spiro atoms. The summed E-state index contributed by atoms with van der Waals surface area (Å²) in [7, 11) is 0. The molecule has 0 heterocycles. The molecule has 1 rings (SSSR count). The van der Waals surface area contributed by atoms with E-state index in [-0.39, 0.29) is 6.04 Å². The van der Waals surface area contributed by atoms with Crippen molar-refractivity contribution < 1.29 is 9.90 Å². The maximum Gasteiger partial charge on any atom is 0.325 e. The number of carboxylic acid groups (broad SMARTS) is 1. The van der Waals surface area contributed by atoms with Crippen molar-refractivity contribution in [2.75, 3.05) is 0 Å². The predicted octanol–water partition coefficient (Wildman–Crippen LogP) is 2.51. The van der Waals surface area contributed by atoms with Crippen LogP contribution in [0.1, 0.15) is 37.4 Å². The molecule has 3 heteroatoms. The SMILES string of the molecule is CCC(C)NC(C(=O)O)c1ccccc1C. The summed E-state index contributed by atoms with van der Waals surface area (Å²) < 4.78 is 0. The maximum atomic E-state index is 11.2. The predicted molar refractivity (Wildman–Crippen MR) is 64.4 cm³/mol. The zero-order valence-electron chi connectivity index (χ0n) is 10.0. The highest BCUT2D eigenvalue weighted by Gasteiger charge is 2.22. The quantitative estimate of drug-likeness (QED) is 0.803. The van der Waals surface area contributed by atoms with Crippen molar-refractivity contribution in [2.24, 2.45) is 0 Å². The molecule has 0 bridgehead atoms. The van der Waals surface area contributed by atoms with Gasteiger partial charge in [-0.05, 0) is 31.4 Å². The van der Waals surface area contributed by atoms with E-state index in [2.05, 4.69) is 5.32 Å². The Morgan fingerprint density at radius 1 is 1.44 bits per heavy atom. The Kier molecular flexibility index (Phi) is 4.50. The van der Waals surface area contributed by atoms with Crippen molar-refractivity contribution >= 4 is 5.97 Å². The molecule has 0 fully saturated rings. The topological polar surface area (TPSA) is 49.3 Å². The average molecular weight is 221 g/mol. The van der Waals surface area contributed by atoms with Gasteiger partial charge in [-0.15, -0.1) is 0 Å². The third kappa shape index (κ3) is 3.07. The molecule has 0 aliphatic heterocycles. The van der Waals surface area contributed by atoms with Gasteiger partial charge in [-0.1, -0.05) is 31.2 Å². The fourth-order valence-electron chi connectivity index (χ4n) is 1.61. The highest BCUT2D eigenvalue weighted by Crippen LogP contribution is 2.18. The lowest BCUT2D eigenvalue weighted by Gasteiger charge is -2.20. The number of aryl methyl sites for hydroxylation is 1. The molecule has 2 atom stereocenters. The lowest BCUT2D eigenvalue weighted by molar-refractivity contribution is -0.139. The highest BCUT2D eigenvalue weighted by atomic mass is 16.4. The summed E-state index contributed by atoms with van der Waals surface area (Å²) in [6, 6.07) is 7.17. The number of nitrogens with one attached hydrogen (secondary N) is 1. The van der Waals surface area contributed by atoms with Crippen LogP contribution in [0.3, 0.4) is 0 Å². The van der Waals surface area contributed by atoms with Crippen LogP contribution >= 0.6 is 0 Å². The molecule has 0 aliphatic rings. The number of aliphatic carboxylic acids is 1. The number of rotatable bonds is 5. The first-order valence-corrected chi connectivity index (χ1v) is 5.60. The molecular formula is C13H19NO2. The minimum Gasteiger partial charge on any atom is -0.480 e. The van der Waals surface area contributed by atoms with Gasteiger partial charge in [0.1, 0.15) is 6.04 Å². The number of hydrogen-bond acceptors (Lipinski definition) is 2. The van der Waals surface area contributed by atoms with Gasteiger partial charge in [0.25, 0.3) is 0 Å². The van der Waals surface area contributed by atoms with Crippen LogP contribution in [0.25, 0.3) is 0 Å². The molecule has 1 aromatic carbocycles. The Bertz CT molecular complexity index is 363. The molecule has 16 heavy (non-hydrogen) atoms. The normalized spacial score (nSPS) is 14.4. The summed E-state index contributed by atoms with van der Waals surface area (Å²) >= 11 is 0. The van der Waals surface area contributed by atoms with Gasteiger partial charge in [0, 0.05) is 6.04 Å². The Hall–Kier alpha value is -1.35. The minimum absolute atomic E-state index is 0.195. The van der Waals surface area contributed by atoms with Crippen molar-refractivity contribution in [1.82, 2.24) is 5.32 Å². The molecule has 0 aliphatic carbocycles. The number of carbonyl (C=O) groups is 1. The first-order valence-electron chi connectivity index (χ1n) is 5.60. The molecule has 1 aromatic rings. The van der Waals surface area contributed by atoms with Gasteiger partial charge in [0.05, 0.1) is 0 Å². The van der Waals surface area contributed by atoms with Crippen molar-refractivity contribution in [1.29, 1.82) is 0 Å². The summed E-state index contributed by atoms with van der Waals surface area (Å²) in [5, 5.41) is 12.4. The lowest BCUT2D eigenvalue weighted by atomic mass is 10.0. The molecule has 2 unspecified atom stereocenters. The second-order valence-corrected chi connectivity index (χ2v) is 4.10. The Labute approximate surface area is 96.5 Å². The Balaban J connectivity index is 2.94. The standard InChI is InChI=1S/C13H19NO2/c1-4-10(3)14-12(13(15)16)11-8-6-5-7-9(11)2/h5-8,10,12,14H,4H2,1-3H3,(H,15,16). The first kappa shape index (κ1) is 12.7. The second-order valence-electron chi connectivity index (χ2n) is 4.10. The van der Waals surface area contributed by atoms with E-state index in [1.54, 1.807) is 0 Å². The van der Waals surface area contributed by atoms with Gasteiger partial charge in [-0.25, -0.2) is 0 Å². The molecule has 3 nitrogen and oxygen atoms in total. The summed E-state index contributed by atoms with van der Waals surface area (Å²) in [4.78, 5) is 11.2. The summed E-state index contributed by atoms with van der Waals surface area (Å²) in [6.07, 6.45) is 0.912. The summed E-state index contributed by atoms with van der Waals surface area (Å²) in [6.45, 7) is 5.96. The Morgan fingerprint density at radius 2 is 2.06 bits per heavy atom. The first-order chi connectivity index (χ1) is 7.56. The van der Waals surface area contributed by atoms with Crippen LogP contribution in [0.4, 0.5) is 0 Å². The van der Waals surface area contributed by atoms with Crippen molar-refractivity contribution in [3.05, 3.63) is 35.4 Å². The molecule has 0 saturated carbocycles. The fraction of sp³-hybridized carbons (Fsp3) is 0.462. The lowest BCUT2D eigenvalue weighted by Crippen LogP contribution is -2.35. The van der Waals surface area contributed by atoms with Gasteiger partial charge >= 0.3 is 5.97 Å². The van der Waals surface area contributed by atoms with E-state index in [4.69, 9.17) is 0 Å². The van der Waals surface area contributed by atoms with Crippen LogP contribution in [-0.4, -0.2) is 17.1 Å². The van der Waals surface area contributed by atoms with Gasteiger partial charge in [0.15, 0.2) is 0 Å². The summed E-state index contributed by atoms with van der Waals surface area (Å²) in [5.41, 5.74) is 1.85. The van der Waals surface area contributed by atoms with Crippen LogP contribution in [0.5, 0.6) is 0 Å².